The van der Waals surface area contributed by atoms with Gasteiger partial charge in [0.1, 0.15) is 24.1 Å². The highest BCUT2D eigenvalue weighted by Gasteiger charge is 2.35. The van der Waals surface area contributed by atoms with Crippen LogP contribution in [0.15, 0.2) is 99.9 Å². The molecule has 1 atom stereocenters. The third-order valence-electron chi connectivity index (χ3n) is 7.16. The van der Waals surface area contributed by atoms with E-state index in [1.165, 1.54) is 11.3 Å². The third kappa shape index (κ3) is 5.74. The number of nitrogens with zero attached hydrogens (tertiary/aromatic N) is 3. The normalized spacial score (nSPS) is 14.8. The standard InChI is InChI=1S/C33H33N3O4S/c1-5-35(6-2)32(38)29-22(3)34-33-36(30(29)26-14-10-11-15-27(26)39-4)31(37)28(41-33)20-23-16-18-25(19-17-23)40-21-24-12-8-7-9-13-24/h7-20,30H,5-6,21H2,1-4H3/b28-20+/t30-/m0/s1. The number of amides is 1. The predicted octanol–water partition coefficient (Wildman–Crippen LogP) is 4.69. The van der Waals surface area contributed by atoms with E-state index in [9.17, 15) is 9.59 Å². The van der Waals surface area contributed by atoms with Crippen LogP contribution in [0.4, 0.5) is 0 Å². The first-order valence-corrected chi connectivity index (χ1v) is 14.5. The number of ether oxygens (including phenoxy) is 2. The Bertz CT molecular complexity index is 1750. The van der Waals surface area contributed by atoms with E-state index in [0.29, 0.717) is 46.0 Å². The van der Waals surface area contributed by atoms with Crippen LogP contribution in [0.2, 0.25) is 0 Å². The number of likely N-dealkylation sites (N-methyl/N-ethyl adjacent to an activating group) is 1. The van der Waals surface area contributed by atoms with E-state index in [1.54, 1.807) is 16.6 Å². The van der Waals surface area contributed by atoms with E-state index in [2.05, 4.69) is 0 Å². The van der Waals surface area contributed by atoms with Gasteiger partial charge in [0.2, 0.25) is 0 Å². The molecular weight excluding hydrogens is 534 g/mol. The maximum absolute atomic E-state index is 14.0. The molecule has 0 radical (unpaired) electrons. The van der Waals surface area contributed by atoms with Crippen LogP contribution in [0.3, 0.4) is 0 Å². The highest BCUT2D eigenvalue weighted by atomic mass is 32.1. The number of para-hydroxylation sites is 1. The number of fused-ring (bicyclic) bond motifs is 1. The minimum Gasteiger partial charge on any atom is -0.496 e. The molecule has 0 saturated carbocycles. The van der Waals surface area contributed by atoms with Gasteiger partial charge in [-0.1, -0.05) is 72.0 Å². The number of thiazole rings is 1. The second-order valence-corrected chi connectivity index (χ2v) is 10.7. The summed E-state index contributed by atoms with van der Waals surface area (Å²) in [5.74, 6) is 1.23. The van der Waals surface area contributed by atoms with Crippen LogP contribution >= 0.6 is 11.3 Å². The monoisotopic (exact) mass is 567 g/mol. The molecule has 0 aliphatic carbocycles. The molecular formula is C33H33N3O4S. The lowest BCUT2D eigenvalue weighted by Gasteiger charge is -2.29. The van der Waals surface area contributed by atoms with Crippen molar-refractivity contribution < 1.29 is 14.3 Å². The Morgan fingerprint density at radius 3 is 2.37 bits per heavy atom. The van der Waals surface area contributed by atoms with Crippen LogP contribution in [0, 0.1) is 0 Å². The van der Waals surface area contributed by atoms with Gasteiger partial charge in [-0.05, 0) is 56.2 Å². The largest absolute Gasteiger partial charge is 0.496 e. The first-order chi connectivity index (χ1) is 19.9. The van der Waals surface area contributed by atoms with Crippen molar-refractivity contribution in [1.82, 2.24) is 9.47 Å². The Labute approximate surface area is 243 Å². The van der Waals surface area contributed by atoms with Crippen LogP contribution < -0.4 is 24.4 Å². The maximum Gasteiger partial charge on any atom is 0.271 e. The fourth-order valence-corrected chi connectivity index (χ4v) is 6.06. The van der Waals surface area contributed by atoms with Gasteiger partial charge < -0.3 is 14.4 Å². The van der Waals surface area contributed by atoms with Crippen LogP contribution in [0.25, 0.3) is 6.08 Å². The van der Waals surface area contributed by atoms with E-state index in [-0.39, 0.29) is 11.5 Å². The van der Waals surface area contributed by atoms with Gasteiger partial charge in [0.15, 0.2) is 4.80 Å². The van der Waals surface area contributed by atoms with Crippen molar-refractivity contribution in [3.63, 3.8) is 0 Å². The summed E-state index contributed by atoms with van der Waals surface area (Å²) < 4.78 is 13.8. The number of aromatic nitrogens is 1. The minimum atomic E-state index is -0.661. The van der Waals surface area contributed by atoms with E-state index in [0.717, 1.165) is 22.4 Å². The molecule has 0 unspecified atom stereocenters. The van der Waals surface area contributed by atoms with E-state index < -0.39 is 6.04 Å². The van der Waals surface area contributed by atoms with E-state index in [4.69, 9.17) is 14.5 Å². The molecule has 1 amide bonds. The summed E-state index contributed by atoms with van der Waals surface area (Å²) in [5.41, 5.74) is 3.59. The average Bonchev–Trinajstić information content (AvgIpc) is 3.30. The molecule has 0 fully saturated rings. The number of benzene rings is 3. The SMILES string of the molecule is CCN(CC)C(=O)C1=C(C)N=c2s/c(=C/c3ccc(OCc4ccccc4)cc3)c(=O)n2[C@H]1c1ccccc1OC. The molecule has 0 spiro atoms. The number of allylic oxidation sites excluding steroid dienone is 1. The molecule has 8 heteroatoms. The van der Waals surface area contributed by atoms with E-state index >= 15 is 0 Å². The molecule has 0 N–H and O–H groups in total. The summed E-state index contributed by atoms with van der Waals surface area (Å²) in [5, 5.41) is 0. The highest BCUT2D eigenvalue weighted by molar-refractivity contribution is 7.07. The summed E-state index contributed by atoms with van der Waals surface area (Å²) in [6.45, 7) is 7.33. The molecule has 7 nitrogen and oxygen atoms in total. The first-order valence-electron chi connectivity index (χ1n) is 13.7. The number of hydrogen-bond donors (Lipinski definition) is 0. The van der Waals surface area contributed by atoms with Crippen molar-refractivity contribution in [3.8, 4) is 11.5 Å². The Hall–Kier alpha value is -4.43. The quantitative estimate of drug-likeness (QED) is 0.294. The molecule has 0 bridgehead atoms. The summed E-state index contributed by atoms with van der Waals surface area (Å²) in [6.07, 6.45) is 1.86. The third-order valence-corrected chi connectivity index (χ3v) is 8.15. The van der Waals surface area contributed by atoms with Crippen molar-refractivity contribution in [2.45, 2.75) is 33.4 Å². The molecule has 1 aromatic heterocycles. The fourth-order valence-electron chi connectivity index (χ4n) is 5.02. The van der Waals surface area contributed by atoms with Gasteiger partial charge in [0.25, 0.3) is 11.5 Å². The second kappa shape index (κ2) is 12.4. The number of methoxy groups -OCH3 is 1. The van der Waals surface area contributed by atoms with Crippen LogP contribution in [0.5, 0.6) is 11.5 Å². The fraction of sp³-hybridized carbons (Fsp3) is 0.242. The molecule has 0 saturated heterocycles. The Balaban J connectivity index is 1.55. The van der Waals surface area contributed by atoms with Crippen LogP contribution in [-0.4, -0.2) is 35.6 Å². The van der Waals surface area contributed by atoms with Crippen LogP contribution in [0.1, 0.15) is 43.5 Å². The zero-order valence-electron chi connectivity index (χ0n) is 23.7. The average molecular weight is 568 g/mol. The van der Waals surface area contributed by atoms with Gasteiger partial charge in [-0.25, -0.2) is 4.99 Å². The number of hydrogen-bond acceptors (Lipinski definition) is 6. The molecule has 5 rings (SSSR count). The maximum atomic E-state index is 14.0. The molecule has 2 heterocycles. The molecule has 1 aliphatic rings. The van der Waals surface area contributed by atoms with Gasteiger partial charge >= 0.3 is 0 Å². The predicted molar refractivity (Wildman–Crippen MR) is 162 cm³/mol. The number of rotatable bonds is 9. The van der Waals surface area contributed by atoms with Gasteiger partial charge in [0.05, 0.1) is 22.9 Å². The number of carbonyl (C=O) groups is 1. The van der Waals surface area contributed by atoms with Crippen molar-refractivity contribution >= 4 is 23.3 Å². The lowest BCUT2D eigenvalue weighted by atomic mass is 9.94. The Morgan fingerprint density at radius 1 is 1.00 bits per heavy atom. The molecule has 3 aromatic carbocycles. The topological polar surface area (TPSA) is 73.1 Å². The summed E-state index contributed by atoms with van der Waals surface area (Å²) in [7, 11) is 1.60. The summed E-state index contributed by atoms with van der Waals surface area (Å²) >= 11 is 1.31. The minimum absolute atomic E-state index is 0.132. The van der Waals surface area contributed by atoms with Gasteiger partial charge in [-0.3, -0.25) is 14.2 Å². The smallest absolute Gasteiger partial charge is 0.271 e. The lowest BCUT2D eigenvalue weighted by molar-refractivity contribution is -0.127. The van der Waals surface area contributed by atoms with Crippen LogP contribution in [-0.2, 0) is 11.4 Å². The van der Waals surface area contributed by atoms with Crippen molar-refractivity contribution in [1.29, 1.82) is 0 Å². The van der Waals surface area contributed by atoms with Gasteiger partial charge in [-0.2, -0.15) is 0 Å². The Morgan fingerprint density at radius 2 is 1.68 bits per heavy atom. The molecule has 1 aliphatic heterocycles. The van der Waals surface area contributed by atoms with E-state index in [1.807, 2.05) is 106 Å². The number of carbonyl (C=O) groups excluding carboxylic acids is 1. The zero-order chi connectivity index (χ0) is 28.9. The Kier molecular flexibility index (Phi) is 8.50. The van der Waals surface area contributed by atoms with Gasteiger partial charge in [0, 0.05) is 18.7 Å². The van der Waals surface area contributed by atoms with Gasteiger partial charge in [-0.15, -0.1) is 0 Å². The summed E-state index contributed by atoms with van der Waals surface area (Å²) in [4.78, 5) is 34.8. The highest BCUT2D eigenvalue weighted by Crippen LogP contribution is 2.36. The lowest BCUT2D eigenvalue weighted by Crippen LogP contribution is -2.43. The van der Waals surface area contributed by atoms with Crippen molar-refractivity contribution in [3.05, 3.63) is 127 Å². The van der Waals surface area contributed by atoms with Crippen molar-refractivity contribution in [2.24, 2.45) is 4.99 Å². The molecule has 41 heavy (non-hydrogen) atoms. The van der Waals surface area contributed by atoms with Crippen molar-refractivity contribution in [2.75, 3.05) is 20.2 Å². The summed E-state index contributed by atoms with van der Waals surface area (Å²) in [6, 6.07) is 24.5. The molecule has 4 aromatic rings. The second-order valence-electron chi connectivity index (χ2n) is 9.64. The molecule has 210 valence electrons. The zero-order valence-corrected chi connectivity index (χ0v) is 24.5. The first kappa shape index (κ1) is 28.1.